The first-order chi connectivity index (χ1) is 8.26. The number of aliphatic hydroxyl groups excluding tert-OH is 1. The van der Waals surface area contributed by atoms with Crippen molar-refractivity contribution in [3.8, 4) is 0 Å². The van der Waals surface area contributed by atoms with Crippen LogP contribution in [0.2, 0.25) is 0 Å². The molecule has 0 radical (unpaired) electrons. The molecule has 4 fully saturated rings. The Morgan fingerprint density at radius 1 is 1.06 bits per heavy atom. The number of hydrogen-bond donors (Lipinski definition) is 2. The Bertz CT molecular complexity index is 275. The molecule has 4 aliphatic carbocycles. The highest BCUT2D eigenvalue weighted by molar-refractivity contribution is 5.76. The van der Waals surface area contributed by atoms with Gasteiger partial charge in [0.05, 0.1) is 6.61 Å². The number of carbonyl (C=O) groups excluding carboxylic acids is 1. The van der Waals surface area contributed by atoms with Gasteiger partial charge in [-0.1, -0.05) is 0 Å². The Morgan fingerprint density at radius 3 is 2.18 bits per heavy atom. The highest BCUT2D eigenvalue weighted by Gasteiger charge is 2.48. The van der Waals surface area contributed by atoms with Crippen molar-refractivity contribution in [2.45, 2.75) is 38.5 Å². The van der Waals surface area contributed by atoms with E-state index in [9.17, 15) is 4.79 Å². The molecular formula is C14H23NO2. The van der Waals surface area contributed by atoms with Gasteiger partial charge in [-0.3, -0.25) is 4.79 Å². The monoisotopic (exact) mass is 237 g/mol. The summed E-state index contributed by atoms with van der Waals surface area (Å²) >= 11 is 0. The maximum absolute atomic E-state index is 11.8. The first-order valence-corrected chi connectivity index (χ1v) is 7.13. The number of carbonyl (C=O) groups is 1. The lowest BCUT2D eigenvalue weighted by Gasteiger charge is -2.54. The number of rotatable bonds is 4. The second kappa shape index (κ2) is 4.60. The van der Waals surface area contributed by atoms with Crippen molar-refractivity contribution < 1.29 is 9.90 Å². The molecular weight excluding hydrogens is 214 g/mol. The van der Waals surface area contributed by atoms with Crippen molar-refractivity contribution in [1.29, 1.82) is 0 Å². The Morgan fingerprint density at radius 2 is 1.65 bits per heavy atom. The van der Waals surface area contributed by atoms with E-state index in [2.05, 4.69) is 5.32 Å². The van der Waals surface area contributed by atoms with E-state index >= 15 is 0 Å². The van der Waals surface area contributed by atoms with Crippen LogP contribution in [0, 0.1) is 29.6 Å². The van der Waals surface area contributed by atoms with Crippen LogP contribution in [0.3, 0.4) is 0 Å². The van der Waals surface area contributed by atoms with Gasteiger partial charge in [0.15, 0.2) is 0 Å². The molecule has 3 heteroatoms. The summed E-state index contributed by atoms with van der Waals surface area (Å²) in [5, 5.41) is 11.5. The van der Waals surface area contributed by atoms with Crippen molar-refractivity contribution in [3.63, 3.8) is 0 Å². The van der Waals surface area contributed by atoms with Gasteiger partial charge in [-0.25, -0.2) is 0 Å². The van der Waals surface area contributed by atoms with Gasteiger partial charge in [-0.15, -0.1) is 0 Å². The molecule has 0 saturated heterocycles. The lowest BCUT2D eigenvalue weighted by molar-refractivity contribution is -0.126. The Balaban J connectivity index is 1.58. The molecule has 0 spiro atoms. The maximum Gasteiger partial charge on any atom is 0.220 e. The van der Waals surface area contributed by atoms with E-state index < -0.39 is 0 Å². The van der Waals surface area contributed by atoms with E-state index in [-0.39, 0.29) is 12.5 Å². The van der Waals surface area contributed by atoms with E-state index in [0.29, 0.717) is 18.9 Å². The number of amides is 1. The molecule has 0 aromatic carbocycles. The lowest BCUT2D eigenvalue weighted by atomic mass is 9.51. The second-order valence-corrected chi connectivity index (χ2v) is 6.37. The van der Waals surface area contributed by atoms with Crippen LogP contribution in [-0.4, -0.2) is 24.2 Å². The van der Waals surface area contributed by atoms with Crippen molar-refractivity contribution in [1.82, 2.24) is 5.32 Å². The van der Waals surface area contributed by atoms with Gasteiger partial charge in [0.2, 0.25) is 5.91 Å². The summed E-state index contributed by atoms with van der Waals surface area (Å²) in [5.41, 5.74) is 0. The molecule has 0 heterocycles. The van der Waals surface area contributed by atoms with Crippen molar-refractivity contribution in [2.24, 2.45) is 29.6 Å². The normalized spacial score (nSPS) is 42.8. The van der Waals surface area contributed by atoms with Gasteiger partial charge in [-0.05, 0) is 61.7 Å². The maximum atomic E-state index is 11.8. The Hall–Kier alpha value is -0.570. The average molecular weight is 237 g/mol. The first kappa shape index (κ1) is 11.5. The quantitative estimate of drug-likeness (QED) is 0.779. The predicted octanol–water partition coefficient (Wildman–Crippen LogP) is 1.56. The number of hydrogen-bond acceptors (Lipinski definition) is 2. The van der Waals surface area contributed by atoms with E-state index in [1.165, 1.54) is 32.1 Å². The Kier molecular flexibility index (Phi) is 3.12. The highest BCUT2D eigenvalue weighted by Crippen LogP contribution is 2.57. The van der Waals surface area contributed by atoms with Crippen LogP contribution in [0.15, 0.2) is 0 Å². The topological polar surface area (TPSA) is 49.3 Å². The third kappa shape index (κ3) is 2.22. The minimum absolute atomic E-state index is 0.0490. The third-order valence-electron chi connectivity index (χ3n) is 5.28. The van der Waals surface area contributed by atoms with Gasteiger partial charge >= 0.3 is 0 Å². The first-order valence-electron chi connectivity index (χ1n) is 7.13. The lowest BCUT2D eigenvalue weighted by Crippen LogP contribution is -2.46. The van der Waals surface area contributed by atoms with E-state index in [4.69, 9.17) is 5.11 Å². The molecule has 96 valence electrons. The summed E-state index contributed by atoms with van der Waals surface area (Å²) < 4.78 is 0. The summed E-state index contributed by atoms with van der Waals surface area (Å²) in [6, 6.07) is 0. The largest absolute Gasteiger partial charge is 0.395 e. The minimum atomic E-state index is 0.0490. The zero-order valence-corrected chi connectivity index (χ0v) is 10.4. The molecule has 4 bridgehead atoms. The molecule has 0 atom stereocenters. The van der Waals surface area contributed by atoms with E-state index in [1.54, 1.807) is 0 Å². The smallest absolute Gasteiger partial charge is 0.220 e. The van der Waals surface area contributed by atoms with Gasteiger partial charge in [-0.2, -0.15) is 0 Å². The molecule has 4 saturated carbocycles. The molecule has 0 aliphatic heterocycles. The molecule has 17 heavy (non-hydrogen) atoms. The number of aliphatic hydroxyl groups is 1. The zero-order valence-electron chi connectivity index (χ0n) is 10.4. The fourth-order valence-electron chi connectivity index (χ4n) is 4.85. The molecule has 2 N–H and O–H groups in total. The van der Waals surface area contributed by atoms with Crippen LogP contribution in [0.25, 0.3) is 0 Å². The molecule has 0 unspecified atom stereocenters. The van der Waals surface area contributed by atoms with Crippen molar-refractivity contribution >= 4 is 5.91 Å². The van der Waals surface area contributed by atoms with Crippen molar-refractivity contribution in [2.75, 3.05) is 13.2 Å². The molecule has 4 rings (SSSR count). The molecule has 1 amide bonds. The SMILES string of the molecule is O=C(CC1C2CC3CC(C2)CC1C3)NCCO. The highest BCUT2D eigenvalue weighted by atomic mass is 16.3. The molecule has 0 aromatic heterocycles. The predicted molar refractivity (Wildman–Crippen MR) is 65.2 cm³/mol. The van der Waals surface area contributed by atoms with Crippen LogP contribution in [0.5, 0.6) is 0 Å². The zero-order chi connectivity index (χ0) is 11.8. The molecule has 3 nitrogen and oxygen atoms in total. The summed E-state index contributed by atoms with van der Waals surface area (Å²) in [5.74, 6) is 4.40. The van der Waals surface area contributed by atoms with Crippen LogP contribution < -0.4 is 5.32 Å². The third-order valence-corrected chi connectivity index (χ3v) is 5.28. The van der Waals surface area contributed by atoms with Crippen LogP contribution in [-0.2, 0) is 4.79 Å². The average Bonchev–Trinajstić information content (AvgIpc) is 2.30. The Labute approximate surface area is 103 Å². The fourth-order valence-corrected chi connectivity index (χ4v) is 4.85. The van der Waals surface area contributed by atoms with Crippen molar-refractivity contribution in [3.05, 3.63) is 0 Å². The van der Waals surface area contributed by atoms with Crippen LogP contribution in [0.1, 0.15) is 38.5 Å². The van der Waals surface area contributed by atoms with Gasteiger partial charge < -0.3 is 10.4 Å². The summed E-state index contributed by atoms with van der Waals surface area (Å²) in [7, 11) is 0. The van der Waals surface area contributed by atoms with E-state index in [0.717, 1.165) is 23.7 Å². The van der Waals surface area contributed by atoms with Gasteiger partial charge in [0, 0.05) is 13.0 Å². The summed E-state index contributed by atoms with van der Waals surface area (Å²) in [6.07, 6.45) is 7.69. The van der Waals surface area contributed by atoms with E-state index in [1.807, 2.05) is 0 Å². The fraction of sp³-hybridized carbons (Fsp3) is 0.929. The summed E-state index contributed by atoms with van der Waals surface area (Å²) in [6.45, 7) is 0.458. The molecule has 4 aliphatic rings. The number of nitrogens with one attached hydrogen (secondary N) is 1. The minimum Gasteiger partial charge on any atom is -0.395 e. The van der Waals surface area contributed by atoms with Crippen LogP contribution >= 0.6 is 0 Å². The summed E-state index contributed by atoms with van der Waals surface area (Å²) in [4.78, 5) is 11.8. The molecule has 0 aromatic rings. The van der Waals surface area contributed by atoms with Crippen LogP contribution in [0.4, 0.5) is 0 Å². The van der Waals surface area contributed by atoms with Gasteiger partial charge in [0.25, 0.3) is 0 Å². The van der Waals surface area contributed by atoms with Gasteiger partial charge in [0.1, 0.15) is 0 Å². The second-order valence-electron chi connectivity index (χ2n) is 6.37. The standard InChI is InChI=1S/C14H23NO2/c16-2-1-15-14(17)8-13-11-4-9-3-10(6-11)7-12(13)5-9/h9-13,16H,1-8H2,(H,15,17).